The zero-order chi connectivity index (χ0) is 43.1. The van der Waals surface area contributed by atoms with Crippen molar-refractivity contribution in [3.63, 3.8) is 0 Å². The third kappa shape index (κ3) is 9.31. The molecule has 316 valence electrons. The molecule has 0 bridgehead atoms. The lowest BCUT2D eigenvalue weighted by atomic mass is 10.1. The number of anilines is 1. The van der Waals surface area contributed by atoms with Gasteiger partial charge in [0.15, 0.2) is 16.7 Å². The lowest BCUT2D eigenvalue weighted by Crippen LogP contribution is -2.96. The highest BCUT2D eigenvalue weighted by Gasteiger charge is 2.29. The molecule has 0 radical (unpaired) electrons. The summed E-state index contributed by atoms with van der Waals surface area (Å²) in [5.74, 6) is 2.61. The van der Waals surface area contributed by atoms with Crippen LogP contribution < -0.4 is 25.4 Å². The third-order valence-electron chi connectivity index (χ3n) is 12.0. The predicted octanol–water partition coefficient (Wildman–Crippen LogP) is 7.07. The maximum Gasteiger partial charge on any atom is 0.281 e. The van der Waals surface area contributed by atoms with E-state index in [1.165, 1.54) is 11.0 Å². The summed E-state index contributed by atoms with van der Waals surface area (Å²) >= 11 is 0. The van der Waals surface area contributed by atoms with Crippen LogP contribution in [0.2, 0.25) is 0 Å². The minimum absolute atomic E-state index is 0.0122. The van der Waals surface area contributed by atoms with Gasteiger partial charge in [0.25, 0.3) is 5.82 Å². The van der Waals surface area contributed by atoms with Gasteiger partial charge in [-0.3, -0.25) is 9.59 Å². The first-order valence-electron chi connectivity index (χ1n) is 20.9. The fraction of sp³-hybridized carbons (Fsp3) is 0.286. The maximum absolute atomic E-state index is 13.2. The van der Waals surface area contributed by atoms with Crippen molar-refractivity contribution in [3.8, 4) is 0 Å². The van der Waals surface area contributed by atoms with E-state index in [1.54, 1.807) is 21.6 Å². The number of rotatable bonds is 18. The van der Waals surface area contributed by atoms with Gasteiger partial charge in [-0.25, -0.2) is 9.13 Å². The SMILES string of the molecule is C[NH2+]C(C)(/C=C/c1c(C)n(CC(=O)NCCSSCCNC(=O)Cn2c(C)c(/C=C/c3n(C)c4ccccc4[n+]3C)c3ccccc32)c2ccccc12)N(C)c1ccccc1. The van der Waals surface area contributed by atoms with Gasteiger partial charge in [-0.05, 0) is 68.5 Å². The number of nitrogens with zero attached hydrogens (tertiary/aromatic N) is 5. The van der Waals surface area contributed by atoms with Crippen molar-refractivity contribution in [3.05, 3.63) is 138 Å². The number of likely N-dealkylation sites (N-methyl/N-ethyl adjacent to an activating group) is 2. The average molecular weight is 855 g/mol. The minimum atomic E-state index is -0.311. The highest BCUT2D eigenvalue weighted by Crippen LogP contribution is 2.30. The van der Waals surface area contributed by atoms with E-state index in [0.717, 1.165) is 67.3 Å². The Morgan fingerprint density at radius 3 is 1.75 bits per heavy atom. The molecule has 3 aromatic heterocycles. The number of quaternary nitrogens is 1. The summed E-state index contributed by atoms with van der Waals surface area (Å²) in [5.41, 5.74) is 9.63. The number of imidazole rings is 1. The molecule has 0 saturated heterocycles. The summed E-state index contributed by atoms with van der Waals surface area (Å²) in [4.78, 5) is 28.7. The van der Waals surface area contributed by atoms with E-state index >= 15 is 0 Å². The number of carbonyl (C=O) groups is 2. The van der Waals surface area contributed by atoms with E-state index in [0.29, 0.717) is 13.1 Å². The largest absolute Gasteiger partial charge is 0.354 e. The van der Waals surface area contributed by atoms with Crippen molar-refractivity contribution in [1.82, 2.24) is 24.3 Å². The van der Waals surface area contributed by atoms with E-state index < -0.39 is 0 Å². The number of aromatic nitrogens is 4. The first kappa shape index (κ1) is 43.4. The van der Waals surface area contributed by atoms with Crippen molar-refractivity contribution < 1.29 is 19.5 Å². The Morgan fingerprint density at radius 1 is 0.721 bits per heavy atom. The molecule has 7 aromatic rings. The van der Waals surface area contributed by atoms with E-state index in [2.05, 4.69) is 197 Å². The van der Waals surface area contributed by atoms with Crippen LogP contribution in [0, 0.1) is 13.8 Å². The number of nitrogens with one attached hydrogen (secondary N) is 2. The lowest BCUT2D eigenvalue weighted by molar-refractivity contribution is -0.686. The Hall–Kier alpha value is -5.69. The Morgan fingerprint density at radius 2 is 1.21 bits per heavy atom. The van der Waals surface area contributed by atoms with Gasteiger partial charge in [-0.2, -0.15) is 0 Å². The van der Waals surface area contributed by atoms with Gasteiger partial charge >= 0.3 is 0 Å². The lowest BCUT2D eigenvalue weighted by Gasteiger charge is -2.34. The van der Waals surface area contributed by atoms with Gasteiger partial charge in [0.1, 0.15) is 13.1 Å². The molecule has 0 fully saturated rings. The average Bonchev–Trinajstić information content (AvgIpc) is 3.80. The number of aryl methyl sites for hydroxylation is 2. The van der Waals surface area contributed by atoms with E-state index in [4.69, 9.17) is 0 Å². The molecule has 0 spiro atoms. The van der Waals surface area contributed by atoms with Gasteiger partial charge in [0, 0.05) is 94.7 Å². The topological polar surface area (TPSA) is 96.7 Å². The normalized spacial score (nSPS) is 12.9. The maximum atomic E-state index is 13.2. The summed E-state index contributed by atoms with van der Waals surface area (Å²) in [6, 6.07) is 35.4. The summed E-state index contributed by atoms with van der Waals surface area (Å²) in [7, 11) is 11.8. The summed E-state index contributed by atoms with van der Waals surface area (Å²) < 4.78 is 8.63. The van der Waals surface area contributed by atoms with Crippen LogP contribution in [-0.2, 0) is 36.8 Å². The van der Waals surface area contributed by atoms with Gasteiger partial charge in [0.2, 0.25) is 11.8 Å². The zero-order valence-electron chi connectivity index (χ0n) is 36.3. The van der Waals surface area contributed by atoms with Crippen LogP contribution in [0.15, 0.2) is 109 Å². The van der Waals surface area contributed by atoms with Crippen LogP contribution in [0.25, 0.3) is 51.1 Å². The second-order valence-corrected chi connectivity index (χ2v) is 18.3. The second kappa shape index (κ2) is 19.4. The molecule has 61 heavy (non-hydrogen) atoms. The van der Waals surface area contributed by atoms with Crippen LogP contribution in [-0.4, -0.2) is 69.9 Å². The van der Waals surface area contributed by atoms with Crippen LogP contribution in [0.3, 0.4) is 0 Å². The van der Waals surface area contributed by atoms with Gasteiger partial charge in [0.05, 0.1) is 21.1 Å². The molecule has 3 heterocycles. The number of benzene rings is 4. The molecular weight excluding hydrogens is 797 g/mol. The molecule has 0 aliphatic carbocycles. The summed E-state index contributed by atoms with van der Waals surface area (Å²) in [6.07, 6.45) is 8.78. The van der Waals surface area contributed by atoms with Crippen LogP contribution in [0.5, 0.6) is 0 Å². The zero-order valence-corrected chi connectivity index (χ0v) is 37.9. The Bertz CT molecular complexity index is 2690. The standard InChI is InChI=1S/C49H56N8O2S2/c1-35-38(25-26-48-53(5)44-23-15-16-24-45(44)54(48)6)40-19-11-13-21-42(40)56(35)33-46(58)51-29-31-60-61-32-30-52-47(59)34-57-36(2)39(41-20-12-14-22-43(41)57)27-28-49(3,50-4)55(7)37-17-9-8-10-18-37/h8-28,50H,29-34H2,1-7H3,(H-,51,52,58,59)/p+2/b28-27+. The van der Waals surface area contributed by atoms with Gasteiger partial charge < -0.3 is 30.0 Å². The van der Waals surface area contributed by atoms with Crippen molar-refractivity contribution in [2.24, 2.45) is 14.1 Å². The van der Waals surface area contributed by atoms with E-state index in [-0.39, 0.29) is 30.6 Å². The molecule has 12 heteroatoms. The van der Waals surface area contributed by atoms with Crippen LogP contribution in [0.1, 0.15) is 35.3 Å². The first-order valence-corrected chi connectivity index (χ1v) is 23.3. The fourth-order valence-corrected chi connectivity index (χ4v) is 10.0. The summed E-state index contributed by atoms with van der Waals surface area (Å²) in [5, 5.41) is 10.7. The van der Waals surface area contributed by atoms with Crippen molar-refractivity contribution in [2.45, 2.75) is 39.5 Å². The summed E-state index contributed by atoms with van der Waals surface area (Å²) in [6.45, 7) is 8.03. The minimum Gasteiger partial charge on any atom is -0.354 e. The van der Waals surface area contributed by atoms with Crippen molar-refractivity contribution in [1.29, 1.82) is 0 Å². The Labute approximate surface area is 367 Å². The molecule has 0 aliphatic rings. The smallest absolute Gasteiger partial charge is 0.281 e. The highest BCUT2D eigenvalue weighted by atomic mass is 33.1. The molecule has 4 N–H and O–H groups in total. The molecule has 0 aliphatic heterocycles. The van der Waals surface area contributed by atoms with Gasteiger partial charge in [-0.15, -0.1) is 0 Å². The van der Waals surface area contributed by atoms with E-state index in [1.807, 2.05) is 18.2 Å². The highest BCUT2D eigenvalue weighted by molar-refractivity contribution is 8.76. The number of hydrogen-bond acceptors (Lipinski definition) is 5. The van der Waals surface area contributed by atoms with Crippen molar-refractivity contribution >= 4 is 90.2 Å². The molecule has 10 nitrogen and oxygen atoms in total. The first-order chi connectivity index (χ1) is 29.5. The molecule has 1 atom stereocenters. The van der Waals surface area contributed by atoms with Crippen LogP contribution >= 0.6 is 21.6 Å². The van der Waals surface area contributed by atoms with Crippen LogP contribution in [0.4, 0.5) is 5.69 Å². The number of nitrogens with two attached hydrogens (primary N) is 1. The monoisotopic (exact) mass is 854 g/mol. The number of carbonyl (C=O) groups excluding carboxylic acids is 2. The van der Waals surface area contributed by atoms with E-state index in [9.17, 15) is 9.59 Å². The molecule has 2 amide bonds. The Balaban J connectivity index is 0.875. The molecule has 7 rings (SSSR count). The Kier molecular flexibility index (Phi) is 13.8. The molecular formula is C49H58N8O2S2+2. The number of hydrogen-bond donors (Lipinski definition) is 3. The van der Waals surface area contributed by atoms with Crippen molar-refractivity contribution in [2.75, 3.05) is 43.6 Å². The number of fused-ring (bicyclic) bond motifs is 3. The van der Waals surface area contributed by atoms with Gasteiger partial charge in [-0.1, -0.05) is 88.3 Å². The predicted molar refractivity (Wildman–Crippen MR) is 257 cm³/mol. The number of para-hydroxylation sites is 5. The second-order valence-electron chi connectivity index (χ2n) is 15.6. The molecule has 4 aromatic carbocycles. The fourth-order valence-electron chi connectivity index (χ4n) is 8.19. The third-order valence-corrected chi connectivity index (χ3v) is 14.4. The quantitative estimate of drug-likeness (QED) is 0.0372. The molecule has 1 unspecified atom stereocenters. The molecule has 0 saturated carbocycles. The number of amides is 2.